The van der Waals surface area contributed by atoms with Crippen LogP contribution >= 0.6 is 0 Å². The Morgan fingerprint density at radius 3 is 2.83 bits per heavy atom. The van der Waals surface area contributed by atoms with Crippen molar-refractivity contribution >= 4 is 22.5 Å². The quantitative estimate of drug-likeness (QED) is 0.507. The van der Waals surface area contributed by atoms with E-state index in [1.54, 1.807) is 18.2 Å². The van der Waals surface area contributed by atoms with Gasteiger partial charge in [0, 0.05) is 30.1 Å². The van der Waals surface area contributed by atoms with Crippen LogP contribution in [0.25, 0.3) is 10.9 Å². The number of aromatic amines is 1. The summed E-state index contributed by atoms with van der Waals surface area (Å²) < 4.78 is 0. The van der Waals surface area contributed by atoms with Gasteiger partial charge in [0.15, 0.2) is 5.69 Å². The summed E-state index contributed by atoms with van der Waals surface area (Å²) in [6.45, 7) is 3.22. The molecule has 124 valence electrons. The number of quaternary nitrogens is 1. The molecule has 0 unspecified atom stereocenters. The number of carbonyl (C=O) groups excluding carboxylic acids is 1. The van der Waals surface area contributed by atoms with Gasteiger partial charge >= 0.3 is 0 Å². The van der Waals surface area contributed by atoms with Crippen LogP contribution in [0.2, 0.25) is 0 Å². The summed E-state index contributed by atoms with van der Waals surface area (Å²) in [6.07, 6.45) is 2.31. The van der Waals surface area contributed by atoms with Gasteiger partial charge in [-0.25, -0.2) is 0 Å². The lowest BCUT2D eigenvalue weighted by molar-refractivity contribution is -0.497. The van der Waals surface area contributed by atoms with Crippen molar-refractivity contribution < 1.29 is 15.8 Å². The molecule has 8 heteroatoms. The summed E-state index contributed by atoms with van der Waals surface area (Å²) in [4.78, 5) is 15.0. The zero-order valence-corrected chi connectivity index (χ0v) is 12.7. The van der Waals surface area contributed by atoms with Crippen LogP contribution < -0.4 is 10.8 Å². The molecule has 3 saturated heterocycles. The van der Waals surface area contributed by atoms with Crippen LogP contribution in [0.4, 0.5) is 5.69 Å². The fourth-order valence-electron chi connectivity index (χ4n) is 3.64. The third-order valence-electron chi connectivity index (χ3n) is 4.91. The second-order valence-electron chi connectivity index (χ2n) is 6.21. The van der Waals surface area contributed by atoms with Gasteiger partial charge in [0.2, 0.25) is 0 Å². The molecule has 3 fully saturated rings. The van der Waals surface area contributed by atoms with E-state index in [4.69, 9.17) is 0 Å². The number of aromatic nitrogens is 2. The Morgan fingerprint density at radius 1 is 1.39 bits per heavy atom. The molecule has 0 saturated carbocycles. The van der Waals surface area contributed by atoms with Gasteiger partial charge in [0.05, 0.1) is 5.52 Å². The Labute approximate surface area is 133 Å². The Balaban J connectivity index is 0.00000156. The van der Waals surface area contributed by atoms with Crippen LogP contribution in [0.3, 0.4) is 0 Å². The maximum absolute atomic E-state index is 12.6. The fraction of sp³-hybridized carbons (Fsp3) is 0.467. The van der Waals surface area contributed by atoms with Crippen LogP contribution in [0.15, 0.2) is 18.2 Å². The zero-order valence-electron chi connectivity index (χ0n) is 12.7. The number of nitrogens with one attached hydrogen (secondary N) is 2. The largest absolute Gasteiger partial charge is 0.630 e. The van der Waals surface area contributed by atoms with Crippen molar-refractivity contribution in [1.29, 1.82) is 0 Å². The van der Waals surface area contributed by atoms with Crippen molar-refractivity contribution in [3.63, 3.8) is 0 Å². The topological polar surface area (TPSA) is 132 Å². The molecule has 2 aromatic rings. The zero-order chi connectivity index (χ0) is 15.1. The first kappa shape index (κ1) is 15.9. The Morgan fingerprint density at radius 2 is 2.17 bits per heavy atom. The Hall–Kier alpha value is -2.00. The van der Waals surface area contributed by atoms with E-state index in [0.717, 1.165) is 43.5 Å². The summed E-state index contributed by atoms with van der Waals surface area (Å²) in [5.74, 6) is 0.415. The van der Waals surface area contributed by atoms with Crippen molar-refractivity contribution in [3.8, 4) is 0 Å². The van der Waals surface area contributed by atoms with Crippen molar-refractivity contribution in [2.45, 2.75) is 18.9 Å². The van der Waals surface area contributed by atoms with Crippen LogP contribution in [0.1, 0.15) is 23.3 Å². The smallest absolute Gasteiger partial charge is 0.272 e. The molecule has 6 N–H and O–H groups in total. The number of fused-ring (bicyclic) bond motifs is 4. The SMILES string of the molecule is O.O=C(N[C@H]1CN2CCC1CC2)c1n[nH]c2ccc([NH2+][O-])cc12. The highest BCUT2D eigenvalue weighted by Crippen LogP contribution is 2.28. The molecule has 4 heterocycles. The van der Waals surface area contributed by atoms with E-state index < -0.39 is 0 Å². The lowest BCUT2D eigenvalue weighted by atomic mass is 9.84. The average molecular weight is 319 g/mol. The number of nitrogens with two attached hydrogens (primary N) is 1. The molecule has 2 bridgehead atoms. The number of nitrogens with zero attached hydrogens (tertiary/aromatic N) is 2. The van der Waals surface area contributed by atoms with E-state index in [1.807, 2.05) is 0 Å². The first-order valence-electron chi connectivity index (χ1n) is 7.71. The minimum absolute atomic E-state index is 0. The number of H-pyrrole nitrogens is 1. The molecular weight excluding hydrogens is 298 g/mol. The van der Waals surface area contributed by atoms with Gasteiger partial charge in [0.25, 0.3) is 5.91 Å². The number of rotatable bonds is 3. The number of benzene rings is 1. The number of amides is 1. The van der Waals surface area contributed by atoms with E-state index >= 15 is 0 Å². The molecule has 3 aliphatic heterocycles. The first-order chi connectivity index (χ1) is 10.7. The van der Waals surface area contributed by atoms with Gasteiger partial charge in [-0.15, -0.1) is 0 Å². The first-order valence-corrected chi connectivity index (χ1v) is 7.71. The van der Waals surface area contributed by atoms with Gasteiger partial charge in [-0.3, -0.25) is 9.89 Å². The molecule has 0 radical (unpaired) electrons. The van der Waals surface area contributed by atoms with E-state index in [1.165, 1.54) is 0 Å². The normalized spacial score (nSPS) is 26.0. The lowest BCUT2D eigenvalue weighted by Crippen LogP contribution is -2.70. The van der Waals surface area contributed by atoms with Crippen molar-refractivity contribution in [2.75, 3.05) is 19.6 Å². The second kappa shape index (κ2) is 6.25. The summed E-state index contributed by atoms with van der Waals surface area (Å²) >= 11 is 0. The van der Waals surface area contributed by atoms with Crippen molar-refractivity contribution in [2.24, 2.45) is 5.92 Å². The summed E-state index contributed by atoms with van der Waals surface area (Å²) in [7, 11) is 0. The van der Waals surface area contributed by atoms with E-state index in [-0.39, 0.29) is 17.4 Å². The van der Waals surface area contributed by atoms with Gasteiger partial charge < -0.3 is 26.4 Å². The van der Waals surface area contributed by atoms with Gasteiger partial charge in [-0.05, 0) is 37.9 Å². The molecule has 1 aromatic carbocycles. The predicted octanol–water partition coefficient (Wildman–Crippen LogP) is -0.745. The molecule has 1 amide bonds. The van der Waals surface area contributed by atoms with Gasteiger partial charge in [0.1, 0.15) is 5.69 Å². The molecule has 3 aliphatic rings. The van der Waals surface area contributed by atoms with E-state index in [9.17, 15) is 10.0 Å². The highest BCUT2D eigenvalue weighted by atomic mass is 16.5. The maximum atomic E-state index is 12.6. The average Bonchev–Trinajstić information content (AvgIpc) is 2.99. The van der Waals surface area contributed by atoms with Crippen LogP contribution in [-0.4, -0.2) is 52.2 Å². The molecule has 0 aliphatic carbocycles. The predicted molar refractivity (Wildman–Crippen MR) is 85.1 cm³/mol. The molecule has 5 rings (SSSR count). The number of piperidine rings is 3. The van der Waals surface area contributed by atoms with Crippen molar-refractivity contribution in [3.05, 3.63) is 29.1 Å². The number of hydrogen-bond acceptors (Lipinski definition) is 4. The van der Waals surface area contributed by atoms with Gasteiger partial charge in [-0.2, -0.15) is 5.10 Å². The molecule has 8 nitrogen and oxygen atoms in total. The summed E-state index contributed by atoms with van der Waals surface area (Å²) in [6, 6.07) is 5.40. The maximum Gasteiger partial charge on any atom is 0.272 e. The Bertz CT molecular complexity index is 708. The lowest BCUT2D eigenvalue weighted by Gasteiger charge is -2.44. The van der Waals surface area contributed by atoms with E-state index in [0.29, 0.717) is 22.7 Å². The monoisotopic (exact) mass is 319 g/mol. The number of hydrogen-bond donors (Lipinski definition) is 3. The highest BCUT2D eigenvalue weighted by molar-refractivity contribution is 6.05. The minimum Gasteiger partial charge on any atom is -0.630 e. The Kier molecular flexibility index (Phi) is 4.31. The highest BCUT2D eigenvalue weighted by Gasteiger charge is 2.35. The molecule has 1 atom stereocenters. The molecule has 0 spiro atoms. The molecule has 1 aromatic heterocycles. The summed E-state index contributed by atoms with van der Waals surface area (Å²) in [5, 5.41) is 21.7. The second-order valence-corrected chi connectivity index (χ2v) is 6.21. The minimum atomic E-state index is -0.159. The third kappa shape index (κ3) is 2.81. The number of carbonyl (C=O) groups is 1. The third-order valence-corrected chi connectivity index (χ3v) is 4.91. The van der Waals surface area contributed by atoms with Gasteiger partial charge in [-0.1, -0.05) is 0 Å². The van der Waals surface area contributed by atoms with Crippen LogP contribution in [0.5, 0.6) is 0 Å². The van der Waals surface area contributed by atoms with Crippen molar-refractivity contribution in [1.82, 2.24) is 20.4 Å². The molecular formula is C15H21N5O3. The van der Waals surface area contributed by atoms with Crippen LogP contribution in [-0.2, 0) is 0 Å². The fourth-order valence-corrected chi connectivity index (χ4v) is 3.64. The standard InChI is InChI=1S/C15H19N5O2.H2O/c21-15(16-13-8-20-5-3-9(13)4-6-20)14-11-7-10(19-22)1-2-12(11)17-18-14;/h1-2,7,9,13H,3-6,8,19H2,(H,16,21)(H,17,18);1H2/t13-;/m0./s1. The molecule has 23 heavy (non-hydrogen) atoms. The van der Waals surface area contributed by atoms with E-state index in [2.05, 4.69) is 20.4 Å². The summed E-state index contributed by atoms with van der Waals surface area (Å²) in [5.41, 5.74) is 2.47. The van der Waals surface area contributed by atoms with Crippen LogP contribution in [0, 0.1) is 11.1 Å².